The van der Waals surface area contributed by atoms with E-state index >= 15 is 0 Å². The smallest absolute Gasteiger partial charge is 0.262 e. The highest BCUT2D eigenvalue weighted by Crippen LogP contribution is 2.35. The van der Waals surface area contributed by atoms with E-state index in [1.54, 1.807) is 24.3 Å². The van der Waals surface area contributed by atoms with Gasteiger partial charge in [-0.3, -0.25) is 4.79 Å². The summed E-state index contributed by atoms with van der Waals surface area (Å²) < 4.78 is 11.0. The van der Waals surface area contributed by atoms with Crippen LogP contribution in [0.25, 0.3) is 0 Å². The number of aliphatic hydroxyl groups excluding tert-OH is 4. The molecule has 8 nitrogen and oxygen atoms in total. The van der Waals surface area contributed by atoms with E-state index in [2.05, 4.69) is 5.32 Å². The van der Waals surface area contributed by atoms with Gasteiger partial charge < -0.3 is 35.2 Å². The van der Waals surface area contributed by atoms with Gasteiger partial charge >= 0.3 is 0 Å². The maximum Gasteiger partial charge on any atom is 0.262 e. The molecule has 2 aromatic carbocycles. The van der Waals surface area contributed by atoms with E-state index in [1.807, 2.05) is 12.1 Å². The molecule has 0 aliphatic carbocycles. The zero-order chi connectivity index (χ0) is 21.4. The molecule has 160 valence electrons. The Kier molecular flexibility index (Phi) is 5.97. The van der Waals surface area contributed by atoms with Crippen molar-refractivity contribution in [3.63, 3.8) is 0 Å². The van der Waals surface area contributed by atoms with Crippen molar-refractivity contribution in [1.82, 2.24) is 0 Å². The number of anilines is 1. The van der Waals surface area contributed by atoms with Crippen molar-refractivity contribution >= 4 is 23.2 Å². The number of fused-ring (bicyclic) bond motifs is 1. The molecular formula is C21H22ClNO7. The molecule has 2 heterocycles. The van der Waals surface area contributed by atoms with Crippen LogP contribution in [0.5, 0.6) is 5.75 Å². The summed E-state index contributed by atoms with van der Waals surface area (Å²) in [7, 11) is 0. The fourth-order valence-corrected chi connectivity index (χ4v) is 3.93. The van der Waals surface area contributed by atoms with Crippen LogP contribution in [0.15, 0.2) is 36.4 Å². The number of hydrogen-bond donors (Lipinski definition) is 5. The largest absolute Gasteiger partial charge is 0.482 e. The van der Waals surface area contributed by atoms with Gasteiger partial charge in [-0.1, -0.05) is 29.8 Å². The standard InChI is InChI=1S/C21H22ClNO7/c22-13-3-2-11(21-20(28)19(27)18(26)16(8-24)30-21)7-12(13)5-10-1-4-15-14(6-10)23-17(25)9-29-15/h1-4,6-7,16,18-21,24,26-28H,5,8-9H2,(H,23,25)/t16-,18-,19+,20-,21+/m1/s1. The third kappa shape index (κ3) is 4.02. The monoisotopic (exact) mass is 435 g/mol. The number of ether oxygens (including phenoxy) is 2. The molecule has 4 rings (SSSR count). The lowest BCUT2D eigenvalue weighted by Crippen LogP contribution is -2.55. The second-order valence-electron chi connectivity index (χ2n) is 7.44. The lowest BCUT2D eigenvalue weighted by molar-refractivity contribution is -0.231. The zero-order valence-corrected chi connectivity index (χ0v) is 16.6. The van der Waals surface area contributed by atoms with Crippen molar-refractivity contribution < 1.29 is 34.7 Å². The van der Waals surface area contributed by atoms with Crippen LogP contribution < -0.4 is 10.1 Å². The molecule has 1 saturated heterocycles. The summed E-state index contributed by atoms with van der Waals surface area (Å²) in [5.74, 6) is 0.377. The van der Waals surface area contributed by atoms with Gasteiger partial charge in [0.1, 0.15) is 36.3 Å². The Hall–Kier alpha value is -2.20. The predicted molar refractivity (Wildman–Crippen MR) is 108 cm³/mol. The fourth-order valence-electron chi connectivity index (χ4n) is 3.74. The number of benzene rings is 2. The third-order valence-electron chi connectivity index (χ3n) is 5.36. The first-order valence-corrected chi connectivity index (χ1v) is 9.89. The van der Waals surface area contributed by atoms with E-state index in [0.29, 0.717) is 28.4 Å². The van der Waals surface area contributed by atoms with Crippen LogP contribution in [0, 0.1) is 0 Å². The second-order valence-corrected chi connectivity index (χ2v) is 7.85. The molecule has 9 heteroatoms. The number of carbonyl (C=O) groups is 1. The fraction of sp³-hybridized carbons (Fsp3) is 0.381. The average Bonchev–Trinajstić information content (AvgIpc) is 2.74. The van der Waals surface area contributed by atoms with Crippen LogP contribution in [0.3, 0.4) is 0 Å². The summed E-state index contributed by atoms with van der Waals surface area (Å²) >= 11 is 6.37. The van der Waals surface area contributed by atoms with E-state index in [-0.39, 0.29) is 12.5 Å². The van der Waals surface area contributed by atoms with Crippen molar-refractivity contribution in [2.45, 2.75) is 36.9 Å². The minimum absolute atomic E-state index is 0.0146. The lowest BCUT2D eigenvalue weighted by Gasteiger charge is -2.40. The summed E-state index contributed by atoms with van der Waals surface area (Å²) in [4.78, 5) is 11.6. The molecule has 0 spiro atoms. The molecule has 2 aromatic rings. The minimum atomic E-state index is -1.45. The summed E-state index contributed by atoms with van der Waals surface area (Å²) in [5.41, 5.74) is 2.77. The van der Waals surface area contributed by atoms with Crippen LogP contribution in [0.1, 0.15) is 22.8 Å². The van der Waals surface area contributed by atoms with Gasteiger partial charge in [-0.05, 0) is 41.3 Å². The molecule has 0 saturated carbocycles. The van der Waals surface area contributed by atoms with E-state index in [1.165, 1.54) is 0 Å². The number of hydrogen-bond acceptors (Lipinski definition) is 7. The molecule has 5 atom stereocenters. The Morgan fingerprint density at radius 1 is 1.07 bits per heavy atom. The van der Waals surface area contributed by atoms with Gasteiger partial charge in [0, 0.05) is 5.02 Å². The average molecular weight is 436 g/mol. The molecule has 0 unspecified atom stereocenters. The van der Waals surface area contributed by atoms with Crippen molar-refractivity contribution in [1.29, 1.82) is 0 Å². The summed E-state index contributed by atoms with van der Waals surface area (Å²) in [5, 5.41) is 43.1. The number of nitrogens with one attached hydrogen (secondary N) is 1. The normalized spacial score (nSPS) is 28.4. The summed E-state index contributed by atoms with van der Waals surface area (Å²) in [6, 6.07) is 10.5. The van der Waals surface area contributed by atoms with Gasteiger partial charge in [0.15, 0.2) is 6.61 Å². The number of aliphatic hydroxyl groups is 4. The number of halogens is 1. The Bertz CT molecular complexity index is 951. The van der Waals surface area contributed by atoms with Crippen LogP contribution >= 0.6 is 11.6 Å². The molecule has 30 heavy (non-hydrogen) atoms. The summed E-state index contributed by atoms with van der Waals surface area (Å²) in [6.45, 7) is -0.510. The number of amides is 1. The van der Waals surface area contributed by atoms with Crippen molar-refractivity contribution in [3.8, 4) is 5.75 Å². The molecule has 0 bridgehead atoms. The molecule has 1 fully saturated rings. The van der Waals surface area contributed by atoms with Crippen LogP contribution in [-0.4, -0.2) is 64.0 Å². The molecule has 0 aromatic heterocycles. The van der Waals surface area contributed by atoms with Crippen molar-refractivity contribution in [3.05, 3.63) is 58.1 Å². The van der Waals surface area contributed by atoms with Gasteiger partial charge in [-0.15, -0.1) is 0 Å². The molecule has 2 aliphatic heterocycles. The van der Waals surface area contributed by atoms with E-state index in [0.717, 1.165) is 11.1 Å². The second kappa shape index (κ2) is 8.50. The Morgan fingerprint density at radius 2 is 1.87 bits per heavy atom. The SMILES string of the molecule is O=C1COc2ccc(Cc3cc([C@@H]4O[C@H](CO)[C@@H](O)[C@H](O)[C@H]4O)ccc3Cl)cc2N1. The third-order valence-corrected chi connectivity index (χ3v) is 5.73. The zero-order valence-electron chi connectivity index (χ0n) is 15.9. The first-order valence-electron chi connectivity index (χ1n) is 9.52. The van der Waals surface area contributed by atoms with Gasteiger partial charge in [0.25, 0.3) is 5.91 Å². The molecule has 2 aliphatic rings. The van der Waals surface area contributed by atoms with Crippen LogP contribution in [-0.2, 0) is 16.0 Å². The quantitative estimate of drug-likeness (QED) is 0.480. The highest BCUT2D eigenvalue weighted by Gasteiger charge is 2.44. The first kappa shape index (κ1) is 21.0. The van der Waals surface area contributed by atoms with Gasteiger partial charge in [0.05, 0.1) is 12.3 Å². The van der Waals surface area contributed by atoms with E-state index in [4.69, 9.17) is 21.1 Å². The van der Waals surface area contributed by atoms with Crippen LogP contribution in [0.4, 0.5) is 5.69 Å². The Balaban J connectivity index is 1.60. The maximum absolute atomic E-state index is 11.6. The minimum Gasteiger partial charge on any atom is -0.482 e. The molecule has 0 radical (unpaired) electrons. The van der Waals surface area contributed by atoms with Gasteiger partial charge in [-0.25, -0.2) is 0 Å². The Morgan fingerprint density at radius 3 is 2.63 bits per heavy atom. The number of carbonyl (C=O) groups excluding carboxylic acids is 1. The predicted octanol–water partition coefficient (Wildman–Crippen LogP) is 0.777. The maximum atomic E-state index is 11.6. The van der Waals surface area contributed by atoms with Crippen molar-refractivity contribution in [2.75, 3.05) is 18.5 Å². The summed E-state index contributed by atoms with van der Waals surface area (Å²) in [6.07, 6.45) is -5.73. The van der Waals surface area contributed by atoms with E-state index < -0.39 is 37.1 Å². The first-order chi connectivity index (χ1) is 14.4. The van der Waals surface area contributed by atoms with Gasteiger partial charge in [-0.2, -0.15) is 0 Å². The number of rotatable bonds is 4. The topological polar surface area (TPSA) is 128 Å². The van der Waals surface area contributed by atoms with Gasteiger partial charge in [0.2, 0.25) is 0 Å². The Labute approximate surface area is 177 Å². The highest BCUT2D eigenvalue weighted by atomic mass is 35.5. The van der Waals surface area contributed by atoms with Crippen LogP contribution in [0.2, 0.25) is 5.02 Å². The highest BCUT2D eigenvalue weighted by molar-refractivity contribution is 6.31. The van der Waals surface area contributed by atoms with E-state index in [9.17, 15) is 25.2 Å². The van der Waals surface area contributed by atoms with Crippen molar-refractivity contribution in [2.24, 2.45) is 0 Å². The molecule has 5 N–H and O–H groups in total. The molecule has 1 amide bonds. The lowest BCUT2D eigenvalue weighted by atomic mass is 9.90. The molecular weight excluding hydrogens is 414 g/mol.